The molecule has 0 aromatic heterocycles. The first-order valence-corrected chi connectivity index (χ1v) is 13.9. The van der Waals surface area contributed by atoms with Crippen molar-refractivity contribution in [1.82, 2.24) is 16.0 Å². The summed E-state index contributed by atoms with van der Waals surface area (Å²) in [6, 6.07) is 11.1. The monoisotopic (exact) mass is 570 g/mol. The maximum atomic E-state index is 13.3. The van der Waals surface area contributed by atoms with Gasteiger partial charge in [0.05, 0.1) is 5.94 Å². The second kappa shape index (κ2) is 15.4. The zero-order valence-electron chi connectivity index (χ0n) is 24.7. The molecule has 0 saturated carbocycles. The van der Waals surface area contributed by atoms with E-state index in [1.807, 2.05) is 50.2 Å². The first-order valence-electron chi connectivity index (χ1n) is 13.9. The van der Waals surface area contributed by atoms with Gasteiger partial charge in [-0.15, -0.1) is 0 Å². The fourth-order valence-corrected chi connectivity index (χ4v) is 4.12. The lowest BCUT2D eigenvalue weighted by atomic mass is 9.75. The molecular weight excluding hydrogens is 527 g/mol. The Balaban J connectivity index is 2.09. The van der Waals surface area contributed by atoms with Crippen LogP contribution in [-0.2, 0) is 19.1 Å². The second-order valence-corrected chi connectivity index (χ2v) is 11.6. The number of benzene rings is 2. The highest BCUT2D eigenvalue weighted by Gasteiger charge is 2.28. The zero-order chi connectivity index (χ0) is 30.7. The van der Waals surface area contributed by atoms with Crippen LogP contribution in [0.4, 0.5) is 10.5 Å². The molecule has 0 aliphatic carbocycles. The third kappa shape index (κ3) is 12.2. The maximum Gasteiger partial charge on any atom is 0.475 e. The number of hydrogen-bond donors (Lipinski definition) is 6. The molecule has 6 N–H and O–H groups in total. The van der Waals surface area contributed by atoms with Gasteiger partial charge in [-0.05, 0) is 75.8 Å². The van der Waals surface area contributed by atoms with Crippen molar-refractivity contribution in [2.24, 2.45) is 5.92 Å². The van der Waals surface area contributed by atoms with Gasteiger partial charge in [0, 0.05) is 12.1 Å². The van der Waals surface area contributed by atoms with E-state index in [9.17, 15) is 29.2 Å². The molecule has 0 bridgehead atoms. The van der Waals surface area contributed by atoms with E-state index in [4.69, 9.17) is 4.74 Å². The molecule has 0 radical (unpaired) electrons. The summed E-state index contributed by atoms with van der Waals surface area (Å²) in [4.78, 5) is 50.8. The Morgan fingerprint density at radius 3 is 2.17 bits per heavy atom. The van der Waals surface area contributed by atoms with E-state index in [2.05, 4.69) is 21.3 Å². The number of amides is 4. The molecule has 3 atom stereocenters. The average molecular weight is 570 g/mol. The van der Waals surface area contributed by atoms with Crippen molar-refractivity contribution in [2.45, 2.75) is 90.9 Å². The van der Waals surface area contributed by atoms with Crippen molar-refractivity contribution in [3.8, 4) is 0 Å². The third-order valence-electron chi connectivity index (χ3n) is 6.10. The Bertz CT molecular complexity index is 1200. The number of carbonyl (C=O) groups excluding carboxylic acids is 4. The minimum absolute atomic E-state index is 0.00263. The summed E-state index contributed by atoms with van der Waals surface area (Å²) in [7, 11) is -1.69. The van der Waals surface area contributed by atoms with E-state index < -0.39 is 54.6 Å². The van der Waals surface area contributed by atoms with Gasteiger partial charge in [-0.1, -0.05) is 44.2 Å². The van der Waals surface area contributed by atoms with Gasteiger partial charge in [0.1, 0.15) is 17.7 Å². The quantitative estimate of drug-likeness (QED) is 0.202. The molecule has 0 unspecified atom stereocenters. The fraction of sp³-hybridized carbons (Fsp3) is 0.517. The predicted octanol–water partition coefficient (Wildman–Crippen LogP) is 2.89. The molecule has 0 saturated heterocycles. The topological polar surface area (TPSA) is 166 Å². The summed E-state index contributed by atoms with van der Waals surface area (Å²) >= 11 is 0. The fourth-order valence-electron chi connectivity index (χ4n) is 4.12. The van der Waals surface area contributed by atoms with Crippen LogP contribution in [0.3, 0.4) is 0 Å². The van der Waals surface area contributed by atoms with Crippen LogP contribution < -0.4 is 21.3 Å². The van der Waals surface area contributed by atoms with E-state index >= 15 is 0 Å². The second-order valence-electron chi connectivity index (χ2n) is 11.6. The van der Waals surface area contributed by atoms with Crippen LogP contribution in [0, 0.1) is 5.92 Å². The number of ether oxygens (including phenoxy) is 1. The van der Waals surface area contributed by atoms with Gasteiger partial charge in [0.25, 0.3) is 0 Å². The SMILES string of the molecule is CC(C)C[C@H](NC(=O)CCC[C@H](NC(=O)[C@H](C)NC(=O)OC(C)(C)C)C(=O)Nc1ccc2ccccc2c1)B(O)O. The van der Waals surface area contributed by atoms with Crippen molar-refractivity contribution < 1.29 is 34.0 Å². The molecule has 224 valence electrons. The van der Waals surface area contributed by atoms with Crippen LogP contribution in [-0.4, -0.2) is 64.6 Å². The molecule has 0 heterocycles. The van der Waals surface area contributed by atoms with Crippen molar-refractivity contribution in [3.63, 3.8) is 0 Å². The number of anilines is 1. The van der Waals surface area contributed by atoms with Gasteiger partial charge in [0.15, 0.2) is 0 Å². The molecule has 4 amide bonds. The summed E-state index contributed by atoms with van der Waals surface area (Å²) in [5.74, 6) is -2.16. The molecule has 0 spiro atoms. The molecule has 0 aliphatic heterocycles. The average Bonchev–Trinajstić information content (AvgIpc) is 2.85. The zero-order valence-corrected chi connectivity index (χ0v) is 24.7. The normalized spacial score (nSPS) is 13.6. The Hall–Kier alpha value is -3.64. The van der Waals surface area contributed by atoms with Crippen LogP contribution in [0.2, 0.25) is 0 Å². The number of alkyl carbamates (subject to hydrolysis) is 1. The third-order valence-corrected chi connectivity index (χ3v) is 6.10. The lowest BCUT2D eigenvalue weighted by Crippen LogP contribution is -2.52. The number of nitrogens with one attached hydrogen (secondary N) is 4. The maximum absolute atomic E-state index is 13.3. The lowest BCUT2D eigenvalue weighted by molar-refractivity contribution is -0.127. The van der Waals surface area contributed by atoms with Crippen LogP contribution >= 0.6 is 0 Å². The van der Waals surface area contributed by atoms with Gasteiger partial charge in [-0.3, -0.25) is 14.4 Å². The molecule has 41 heavy (non-hydrogen) atoms. The highest BCUT2D eigenvalue weighted by atomic mass is 16.6. The molecular formula is C29H43BN4O7. The Morgan fingerprint density at radius 2 is 1.56 bits per heavy atom. The molecule has 0 fully saturated rings. The van der Waals surface area contributed by atoms with Crippen molar-refractivity contribution >= 4 is 47.4 Å². The predicted molar refractivity (Wildman–Crippen MR) is 159 cm³/mol. The molecule has 2 rings (SSSR count). The van der Waals surface area contributed by atoms with Gasteiger partial charge < -0.3 is 36.1 Å². The standard InChI is InChI=1S/C29H43BN4O7/c1-18(2)16-24(30(39)40)34-25(35)13-9-12-23(33-26(36)19(3)31-28(38)41-29(4,5)6)27(37)32-22-15-14-20-10-7-8-11-21(20)17-22/h7-8,10-11,14-15,17-19,23-24,39-40H,9,12-13,16H2,1-6H3,(H,31,38)(H,32,37)(H,33,36)(H,34,35)/t19-,23-,24-/m0/s1. The van der Waals surface area contributed by atoms with Crippen LogP contribution in [0.15, 0.2) is 42.5 Å². The minimum atomic E-state index is -1.69. The van der Waals surface area contributed by atoms with Gasteiger partial charge in [-0.2, -0.15) is 0 Å². The minimum Gasteiger partial charge on any atom is -0.444 e. The van der Waals surface area contributed by atoms with E-state index in [0.29, 0.717) is 12.1 Å². The van der Waals surface area contributed by atoms with Gasteiger partial charge >= 0.3 is 13.2 Å². The summed E-state index contributed by atoms with van der Waals surface area (Å²) in [5, 5.41) is 31.7. The Morgan fingerprint density at radius 1 is 0.902 bits per heavy atom. The molecule has 12 heteroatoms. The highest BCUT2D eigenvalue weighted by molar-refractivity contribution is 6.43. The summed E-state index contributed by atoms with van der Waals surface area (Å²) in [6.07, 6.45) is -0.0301. The first kappa shape index (κ1) is 33.6. The van der Waals surface area contributed by atoms with Crippen molar-refractivity contribution in [3.05, 3.63) is 42.5 Å². The van der Waals surface area contributed by atoms with Crippen LogP contribution in [0.25, 0.3) is 10.8 Å². The van der Waals surface area contributed by atoms with Crippen LogP contribution in [0.1, 0.15) is 67.2 Å². The van der Waals surface area contributed by atoms with Crippen molar-refractivity contribution in [1.29, 1.82) is 0 Å². The number of carbonyl (C=O) groups is 4. The van der Waals surface area contributed by atoms with E-state index in [1.165, 1.54) is 6.92 Å². The molecule has 0 aliphatic rings. The number of fused-ring (bicyclic) bond motifs is 1. The number of hydrogen-bond acceptors (Lipinski definition) is 7. The summed E-state index contributed by atoms with van der Waals surface area (Å²) in [5.41, 5.74) is -0.206. The Labute approximate surface area is 241 Å². The first-order chi connectivity index (χ1) is 19.1. The smallest absolute Gasteiger partial charge is 0.444 e. The molecule has 2 aromatic rings. The highest BCUT2D eigenvalue weighted by Crippen LogP contribution is 2.19. The van der Waals surface area contributed by atoms with E-state index in [0.717, 1.165) is 10.8 Å². The van der Waals surface area contributed by atoms with Gasteiger partial charge in [0.2, 0.25) is 17.7 Å². The van der Waals surface area contributed by atoms with Gasteiger partial charge in [-0.25, -0.2) is 4.79 Å². The summed E-state index contributed by atoms with van der Waals surface area (Å²) in [6.45, 7) is 10.4. The summed E-state index contributed by atoms with van der Waals surface area (Å²) < 4.78 is 5.20. The van der Waals surface area contributed by atoms with E-state index in [1.54, 1.807) is 26.8 Å². The lowest BCUT2D eigenvalue weighted by Gasteiger charge is -2.24. The Kier molecular flexibility index (Phi) is 12.6. The molecule has 2 aromatic carbocycles. The van der Waals surface area contributed by atoms with Crippen LogP contribution in [0.5, 0.6) is 0 Å². The van der Waals surface area contributed by atoms with Crippen molar-refractivity contribution in [2.75, 3.05) is 5.32 Å². The molecule has 11 nitrogen and oxygen atoms in total. The largest absolute Gasteiger partial charge is 0.475 e. The van der Waals surface area contributed by atoms with E-state index in [-0.39, 0.29) is 25.2 Å². The number of rotatable bonds is 13.